The number of rotatable bonds is 8. The summed E-state index contributed by atoms with van der Waals surface area (Å²) in [7, 11) is 2.25. The van der Waals surface area contributed by atoms with Crippen LogP contribution in [0.4, 0.5) is 0 Å². The quantitative estimate of drug-likeness (QED) is 0.688. The van der Waals surface area contributed by atoms with E-state index < -0.39 is 0 Å². The number of nitrogens with zero attached hydrogens (tertiary/aromatic N) is 1. The topological polar surface area (TPSA) is 15.3 Å². The molecule has 0 bridgehead atoms. The molecule has 0 radical (unpaired) electrons. The fourth-order valence-corrected chi connectivity index (χ4v) is 3.62. The molecule has 2 rings (SSSR count). The van der Waals surface area contributed by atoms with E-state index in [-0.39, 0.29) is 0 Å². The normalized spacial score (nSPS) is 17.0. The van der Waals surface area contributed by atoms with E-state index in [0.29, 0.717) is 6.04 Å². The van der Waals surface area contributed by atoms with E-state index in [0.717, 1.165) is 41.5 Å². The molecule has 0 heterocycles. The minimum absolute atomic E-state index is 0.341. The van der Waals surface area contributed by atoms with E-state index >= 15 is 0 Å². The van der Waals surface area contributed by atoms with Crippen molar-refractivity contribution in [1.82, 2.24) is 10.2 Å². The molecule has 1 fully saturated rings. The molecular weight excluding hydrogens is 348 g/mol. The van der Waals surface area contributed by atoms with Gasteiger partial charge in [0.15, 0.2) is 0 Å². The van der Waals surface area contributed by atoms with Gasteiger partial charge in [0.1, 0.15) is 0 Å². The largest absolute Gasteiger partial charge is 0.310 e. The minimum Gasteiger partial charge on any atom is -0.310 e. The first-order chi connectivity index (χ1) is 10.1. The first-order valence-electron chi connectivity index (χ1n) is 8.00. The smallest absolute Gasteiger partial charge is 0.0465 e. The second-order valence-electron chi connectivity index (χ2n) is 6.03. The zero-order chi connectivity index (χ0) is 15.2. The van der Waals surface area contributed by atoms with Crippen molar-refractivity contribution < 1.29 is 0 Å². The van der Waals surface area contributed by atoms with Crippen molar-refractivity contribution in [3.05, 3.63) is 33.3 Å². The van der Waals surface area contributed by atoms with Crippen molar-refractivity contribution in [2.75, 3.05) is 20.1 Å². The second kappa shape index (κ2) is 8.52. The maximum absolute atomic E-state index is 6.44. The van der Waals surface area contributed by atoms with Crippen LogP contribution in [0.2, 0.25) is 5.02 Å². The summed E-state index contributed by atoms with van der Waals surface area (Å²) in [5.41, 5.74) is 1.22. The number of hydrogen-bond donors (Lipinski definition) is 1. The van der Waals surface area contributed by atoms with Crippen molar-refractivity contribution in [3.8, 4) is 0 Å². The summed E-state index contributed by atoms with van der Waals surface area (Å²) < 4.78 is 1.04. The van der Waals surface area contributed by atoms with E-state index in [1.165, 1.54) is 24.8 Å². The van der Waals surface area contributed by atoms with Crippen molar-refractivity contribution in [2.45, 2.75) is 51.1 Å². The summed E-state index contributed by atoms with van der Waals surface area (Å²) in [4.78, 5) is 2.51. The molecule has 1 N–H and O–H groups in total. The van der Waals surface area contributed by atoms with Gasteiger partial charge in [-0.05, 0) is 63.5 Å². The summed E-state index contributed by atoms with van der Waals surface area (Å²) in [5, 5.41) is 4.50. The zero-order valence-electron chi connectivity index (χ0n) is 13.0. The molecular formula is C17H26BrClN2. The lowest BCUT2D eigenvalue weighted by Crippen LogP contribution is -2.39. The van der Waals surface area contributed by atoms with Crippen LogP contribution >= 0.6 is 27.5 Å². The lowest BCUT2D eigenvalue weighted by molar-refractivity contribution is 0.153. The third kappa shape index (κ3) is 4.95. The maximum Gasteiger partial charge on any atom is 0.0465 e. The van der Waals surface area contributed by atoms with Crippen LogP contribution < -0.4 is 5.32 Å². The molecule has 1 saturated carbocycles. The van der Waals surface area contributed by atoms with E-state index in [1.807, 2.05) is 6.07 Å². The van der Waals surface area contributed by atoms with Gasteiger partial charge in [-0.25, -0.2) is 0 Å². The van der Waals surface area contributed by atoms with Gasteiger partial charge in [0, 0.05) is 21.6 Å². The summed E-state index contributed by atoms with van der Waals surface area (Å²) in [6, 6.07) is 7.36. The Hall–Kier alpha value is -0.0900. The Morgan fingerprint density at radius 3 is 2.76 bits per heavy atom. The molecule has 0 aromatic heterocycles. The molecule has 0 amide bonds. The average Bonchev–Trinajstić information content (AvgIpc) is 2.38. The lowest BCUT2D eigenvalue weighted by Gasteiger charge is -2.35. The first kappa shape index (κ1) is 17.3. The summed E-state index contributed by atoms with van der Waals surface area (Å²) in [5.74, 6) is 0. The van der Waals surface area contributed by atoms with Crippen LogP contribution in [-0.4, -0.2) is 31.1 Å². The molecule has 1 aliphatic carbocycles. The van der Waals surface area contributed by atoms with Crippen molar-refractivity contribution in [1.29, 1.82) is 0 Å². The molecule has 4 heteroatoms. The standard InChI is InChI=1S/C17H26BrClN2/c1-3-10-20-17(9-11-21(2)14-5-4-6-14)15-8-7-13(18)12-16(15)19/h7-8,12,14,17,20H,3-6,9-11H2,1-2H3. The summed E-state index contributed by atoms with van der Waals surface area (Å²) in [6.07, 6.45) is 6.37. The predicted octanol–water partition coefficient (Wildman–Crippen LogP) is 5.02. The number of hydrogen-bond acceptors (Lipinski definition) is 2. The minimum atomic E-state index is 0.341. The van der Waals surface area contributed by atoms with E-state index in [2.05, 4.69) is 52.3 Å². The highest BCUT2D eigenvalue weighted by Gasteiger charge is 2.23. The molecule has 1 aliphatic rings. The summed E-state index contributed by atoms with van der Waals surface area (Å²) >= 11 is 9.92. The van der Waals surface area contributed by atoms with Gasteiger partial charge in [0.2, 0.25) is 0 Å². The van der Waals surface area contributed by atoms with E-state index in [1.54, 1.807) is 0 Å². The fraction of sp³-hybridized carbons (Fsp3) is 0.647. The molecule has 0 aliphatic heterocycles. The van der Waals surface area contributed by atoms with Gasteiger partial charge < -0.3 is 10.2 Å². The third-order valence-corrected chi connectivity index (χ3v) is 5.27. The van der Waals surface area contributed by atoms with E-state index in [9.17, 15) is 0 Å². The van der Waals surface area contributed by atoms with Gasteiger partial charge in [0.05, 0.1) is 0 Å². The number of halogens is 2. The van der Waals surface area contributed by atoms with Crippen molar-refractivity contribution >= 4 is 27.5 Å². The third-order valence-electron chi connectivity index (χ3n) is 4.45. The van der Waals surface area contributed by atoms with E-state index in [4.69, 9.17) is 11.6 Å². The highest BCUT2D eigenvalue weighted by molar-refractivity contribution is 9.10. The number of benzene rings is 1. The van der Waals surface area contributed by atoms with Gasteiger partial charge in [-0.15, -0.1) is 0 Å². The Kier molecular flexibility index (Phi) is 7.00. The van der Waals surface area contributed by atoms with Crippen molar-refractivity contribution in [3.63, 3.8) is 0 Å². The fourth-order valence-electron chi connectivity index (χ4n) is 2.81. The summed E-state index contributed by atoms with van der Waals surface area (Å²) in [6.45, 7) is 4.36. The van der Waals surface area contributed by atoms with Crippen molar-refractivity contribution in [2.24, 2.45) is 0 Å². The van der Waals surface area contributed by atoms with Crippen LogP contribution in [0.25, 0.3) is 0 Å². The molecule has 1 aromatic carbocycles. The molecule has 1 unspecified atom stereocenters. The molecule has 1 aromatic rings. The van der Waals surface area contributed by atoms with Crippen LogP contribution in [0, 0.1) is 0 Å². The molecule has 21 heavy (non-hydrogen) atoms. The van der Waals surface area contributed by atoms with Gasteiger partial charge in [-0.3, -0.25) is 0 Å². The van der Waals surface area contributed by atoms with Gasteiger partial charge in [-0.1, -0.05) is 46.9 Å². The SMILES string of the molecule is CCCNC(CCN(C)C1CCC1)c1ccc(Br)cc1Cl. The average molecular weight is 374 g/mol. The highest BCUT2D eigenvalue weighted by Crippen LogP contribution is 2.29. The zero-order valence-corrected chi connectivity index (χ0v) is 15.4. The highest BCUT2D eigenvalue weighted by atomic mass is 79.9. The first-order valence-corrected chi connectivity index (χ1v) is 9.17. The monoisotopic (exact) mass is 372 g/mol. The Bertz CT molecular complexity index is 448. The Morgan fingerprint density at radius 1 is 1.43 bits per heavy atom. The second-order valence-corrected chi connectivity index (χ2v) is 7.35. The Labute approximate surface area is 142 Å². The van der Waals surface area contributed by atoms with Gasteiger partial charge >= 0.3 is 0 Å². The molecule has 0 saturated heterocycles. The van der Waals surface area contributed by atoms with Crippen LogP contribution in [0.15, 0.2) is 22.7 Å². The molecule has 1 atom stereocenters. The Morgan fingerprint density at radius 2 is 2.19 bits per heavy atom. The van der Waals surface area contributed by atoms with Crippen LogP contribution in [-0.2, 0) is 0 Å². The molecule has 2 nitrogen and oxygen atoms in total. The van der Waals surface area contributed by atoms with Crippen LogP contribution in [0.3, 0.4) is 0 Å². The molecule has 0 spiro atoms. The van der Waals surface area contributed by atoms with Crippen LogP contribution in [0.1, 0.15) is 50.6 Å². The number of nitrogens with one attached hydrogen (secondary N) is 1. The lowest BCUT2D eigenvalue weighted by atomic mass is 9.91. The predicted molar refractivity (Wildman–Crippen MR) is 95.1 cm³/mol. The maximum atomic E-state index is 6.44. The molecule has 118 valence electrons. The van der Waals surface area contributed by atoms with Gasteiger partial charge in [-0.2, -0.15) is 0 Å². The van der Waals surface area contributed by atoms with Gasteiger partial charge in [0.25, 0.3) is 0 Å². The Balaban J connectivity index is 1.99. The van der Waals surface area contributed by atoms with Crippen LogP contribution in [0.5, 0.6) is 0 Å².